The van der Waals surface area contributed by atoms with Crippen LogP contribution in [0.1, 0.15) is 5.56 Å². The summed E-state index contributed by atoms with van der Waals surface area (Å²) in [5, 5.41) is 12.2. The molecule has 1 aromatic rings. The van der Waals surface area contributed by atoms with Gasteiger partial charge in [0.15, 0.2) is 0 Å². The molecule has 0 heterocycles. The summed E-state index contributed by atoms with van der Waals surface area (Å²) < 4.78 is 4.91. The van der Waals surface area contributed by atoms with Crippen LogP contribution in [-0.4, -0.2) is 25.4 Å². The summed E-state index contributed by atoms with van der Waals surface area (Å²) >= 11 is 0. The number of ether oxygens (including phenoxy) is 1. The first kappa shape index (κ1) is 10.0. The number of para-hydroxylation sites is 1. The molecular weight excluding hydrogens is 166 g/mol. The maximum absolute atomic E-state index is 9.00. The molecule has 0 amide bonds. The Morgan fingerprint density at radius 3 is 2.85 bits per heavy atom. The Morgan fingerprint density at radius 2 is 2.15 bits per heavy atom. The molecule has 0 unspecified atom stereocenters. The number of hydrogen-bond acceptors (Lipinski definition) is 3. The number of hydrogen-bond donors (Lipinski definition) is 2. The fourth-order valence-corrected chi connectivity index (χ4v) is 1.12. The Kier molecular flexibility index (Phi) is 4.29. The lowest BCUT2D eigenvalue weighted by molar-refractivity contribution is 0.210. The zero-order valence-corrected chi connectivity index (χ0v) is 7.79. The number of aliphatic hydroxyl groups excluding tert-OH is 1. The molecule has 0 spiro atoms. The van der Waals surface area contributed by atoms with Crippen LogP contribution in [-0.2, 0) is 11.3 Å². The van der Waals surface area contributed by atoms with Gasteiger partial charge < -0.3 is 15.2 Å². The number of anilines is 1. The third-order valence-corrected chi connectivity index (χ3v) is 1.81. The molecule has 72 valence electrons. The van der Waals surface area contributed by atoms with Crippen molar-refractivity contribution in [3.05, 3.63) is 29.8 Å². The molecule has 0 bridgehead atoms. The molecule has 1 rings (SSSR count). The Labute approximate surface area is 78.3 Å². The molecule has 3 heteroatoms. The van der Waals surface area contributed by atoms with Gasteiger partial charge in [-0.2, -0.15) is 0 Å². The molecule has 0 aliphatic rings. The molecule has 0 saturated carbocycles. The Morgan fingerprint density at radius 1 is 1.38 bits per heavy atom. The van der Waals surface area contributed by atoms with E-state index < -0.39 is 0 Å². The molecular formula is C10H15NO2. The molecule has 0 aromatic heterocycles. The van der Waals surface area contributed by atoms with E-state index in [0.717, 1.165) is 17.8 Å². The van der Waals surface area contributed by atoms with E-state index in [0.29, 0.717) is 6.61 Å². The fraction of sp³-hybridized carbons (Fsp3) is 0.400. The molecule has 0 saturated heterocycles. The summed E-state index contributed by atoms with van der Waals surface area (Å²) in [5.74, 6) is 0. The van der Waals surface area contributed by atoms with Gasteiger partial charge in [0, 0.05) is 24.9 Å². The van der Waals surface area contributed by atoms with Crippen LogP contribution < -0.4 is 5.32 Å². The number of rotatable bonds is 5. The highest BCUT2D eigenvalue weighted by atomic mass is 16.5. The van der Waals surface area contributed by atoms with Crippen molar-refractivity contribution in [3.8, 4) is 0 Å². The molecule has 0 aliphatic carbocycles. The van der Waals surface area contributed by atoms with Crippen LogP contribution in [0.4, 0.5) is 5.69 Å². The lowest BCUT2D eigenvalue weighted by Crippen LogP contribution is -2.09. The van der Waals surface area contributed by atoms with Crippen molar-refractivity contribution in [1.29, 1.82) is 0 Å². The van der Waals surface area contributed by atoms with E-state index in [1.807, 2.05) is 24.3 Å². The highest BCUT2D eigenvalue weighted by Gasteiger charge is 1.97. The van der Waals surface area contributed by atoms with Gasteiger partial charge >= 0.3 is 0 Å². The van der Waals surface area contributed by atoms with Gasteiger partial charge in [-0.15, -0.1) is 0 Å². The number of benzene rings is 1. The third-order valence-electron chi connectivity index (χ3n) is 1.81. The molecule has 0 fully saturated rings. The van der Waals surface area contributed by atoms with Crippen molar-refractivity contribution in [2.75, 3.05) is 25.6 Å². The maximum atomic E-state index is 9.00. The lowest BCUT2D eigenvalue weighted by atomic mass is 10.2. The van der Waals surface area contributed by atoms with Gasteiger partial charge in [-0.05, 0) is 6.07 Å². The van der Waals surface area contributed by atoms with Gasteiger partial charge in [0.05, 0.1) is 13.2 Å². The smallest absolute Gasteiger partial charge is 0.0701 e. The second kappa shape index (κ2) is 5.56. The van der Waals surface area contributed by atoms with E-state index in [2.05, 4.69) is 5.32 Å². The monoisotopic (exact) mass is 181 g/mol. The molecule has 13 heavy (non-hydrogen) atoms. The van der Waals surface area contributed by atoms with Gasteiger partial charge in [0.2, 0.25) is 0 Å². The van der Waals surface area contributed by atoms with E-state index in [1.54, 1.807) is 7.11 Å². The topological polar surface area (TPSA) is 41.5 Å². The summed E-state index contributed by atoms with van der Waals surface area (Å²) in [7, 11) is 1.67. The summed E-state index contributed by atoms with van der Waals surface area (Å²) in [6.45, 7) is 1.49. The molecule has 0 aliphatic heterocycles. The number of nitrogens with one attached hydrogen (secondary N) is 1. The zero-order chi connectivity index (χ0) is 9.52. The van der Waals surface area contributed by atoms with Gasteiger partial charge in [-0.25, -0.2) is 0 Å². The molecule has 0 atom stereocenters. The first-order valence-corrected chi connectivity index (χ1v) is 4.30. The van der Waals surface area contributed by atoms with Gasteiger partial charge in [0.1, 0.15) is 0 Å². The Bertz CT molecular complexity index is 250. The van der Waals surface area contributed by atoms with E-state index in [9.17, 15) is 0 Å². The average Bonchev–Trinajstić information content (AvgIpc) is 2.19. The molecule has 0 radical (unpaired) electrons. The van der Waals surface area contributed by atoms with Gasteiger partial charge in [0.25, 0.3) is 0 Å². The van der Waals surface area contributed by atoms with Crippen molar-refractivity contribution in [1.82, 2.24) is 0 Å². The summed E-state index contributed by atoms with van der Waals surface area (Å²) in [6, 6.07) is 7.69. The van der Waals surface area contributed by atoms with Crippen LogP contribution >= 0.6 is 0 Å². The van der Waals surface area contributed by atoms with Crippen LogP contribution in [0, 0.1) is 0 Å². The molecule has 2 N–H and O–H groups in total. The molecule has 1 aromatic carbocycles. The highest BCUT2D eigenvalue weighted by molar-refractivity contribution is 5.50. The van der Waals surface area contributed by atoms with Crippen molar-refractivity contribution in [2.45, 2.75) is 6.61 Å². The normalized spacial score (nSPS) is 10.0. The first-order chi connectivity index (χ1) is 6.38. The second-order valence-corrected chi connectivity index (χ2v) is 2.73. The standard InChI is InChI=1S/C10H15NO2/c1-13-7-6-11-10-5-3-2-4-9(10)8-12/h2-5,11-12H,6-8H2,1H3. The van der Waals surface area contributed by atoms with Crippen LogP contribution in [0.2, 0.25) is 0 Å². The fourth-order valence-electron chi connectivity index (χ4n) is 1.12. The summed E-state index contributed by atoms with van der Waals surface area (Å²) in [6.07, 6.45) is 0. The van der Waals surface area contributed by atoms with Gasteiger partial charge in [-0.1, -0.05) is 18.2 Å². The van der Waals surface area contributed by atoms with Crippen LogP contribution in [0.15, 0.2) is 24.3 Å². The predicted octanol–water partition coefficient (Wildman–Crippen LogP) is 1.24. The van der Waals surface area contributed by atoms with E-state index in [1.165, 1.54) is 0 Å². The van der Waals surface area contributed by atoms with Crippen molar-refractivity contribution in [2.24, 2.45) is 0 Å². The quantitative estimate of drug-likeness (QED) is 0.671. The Balaban J connectivity index is 2.54. The summed E-state index contributed by atoms with van der Waals surface area (Å²) in [4.78, 5) is 0. The van der Waals surface area contributed by atoms with Crippen molar-refractivity contribution < 1.29 is 9.84 Å². The van der Waals surface area contributed by atoms with Crippen LogP contribution in [0.5, 0.6) is 0 Å². The van der Waals surface area contributed by atoms with Crippen LogP contribution in [0.25, 0.3) is 0 Å². The maximum Gasteiger partial charge on any atom is 0.0701 e. The third kappa shape index (κ3) is 3.05. The van der Waals surface area contributed by atoms with E-state index in [-0.39, 0.29) is 6.61 Å². The van der Waals surface area contributed by atoms with Crippen molar-refractivity contribution in [3.63, 3.8) is 0 Å². The summed E-state index contributed by atoms with van der Waals surface area (Å²) in [5.41, 5.74) is 1.89. The largest absolute Gasteiger partial charge is 0.392 e. The van der Waals surface area contributed by atoms with Crippen molar-refractivity contribution >= 4 is 5.69 Å². The average molecular weight is 181 g/mol. The number of aliphatic hydroxyl groups is 1. The van der Waals surface area contributed by atoms with E-state index in [4.69, 9.17) is 9.84 Å². The zero-order valence-electron chi connectivity index (χ0n) is 7.79. The lowest BCUT2D eigenvalue weighted by Gasteiger charge is -2.09. The number of methoxy groups -OCH3 is 1. The second-order valence-electron chi connectivity index (χ2n) is 2.73. The minimum atomic E-state index is 0.0656. The predicted molar refractivity (Wildman–Crippen MR) is 52.7 cm³/mol. The minimum absolute atomic E-state index is 0.0656. The van der Waals surface area contributed by atoms with Gasteiger partial charge in [-0.3, -0.25) is 0 Å². The SMILES string of the molecule is COCCNc1ccccc1CO. The minimum Gasteiger partial charge on any atom is -0.392 e. The molecule has 3 nitrogen and oxygen atoms in total. The highest BCUT2D eigenvalue weighted by Crippen LogP contribution is 2.13. The van der Waals surface area contributed by atoms with Crippen LogP contribution in [0.3, 0.4) is 0 Å². The first-order valence-electron chi connectivity index (χ1n) is 4.30. The Hall–Kier alpha value is -1.06. The van der Waals surface area contributed by atoms with E-state index >= 15 is 0 Å².